The summed E-state index contributed by atoms with van der Waals surface area (Å²) in [4.78, 5) is 7.89. The predicted octanol–water partition coefficient (Wildman–Crippen LogP) is 6.05. The van der Waals surface area contributed by atoms with Crippen molar-refractivity contribution in [3.8, 4) is 0 Å². The minimum atomic E-state index is 0.289. The van der Waals surface area contributed by atoms with Gasteiger partial charge < -0.3 is 0 Å². The van der Waals surface area contributed by atoms with Gasteiger partial charge in [0.1, 0.15) is 0 Å². The van der Waals surface area contributed by atoms with Crippen LogP contribution in [0, 0.1) is 5.92 Å². The molecule has 2 atom stereocenters. The van der Waals surface area contributed by atoms with Gasteiger partial charge in [-0.3, -0.25) is 9.89 Å². The average Bonchev–Trinajstić information content (AvgIpc) is 2.81. The van der Waals surface area contributed by atoms with Gasteiger partial charge in [0, 0.05) is 23.2 Å². The molecule has 0 N–H and O–H groups in total. The Balaban J connectivity index is 1.55. The zero-order valence-electron chi connectivity index (χ0n) is 17.1. The Kier molecular flexibility index (Phi) is 5.70. The van der Waals surface area contributed by atoms with E-state index in [2.05, 4.69) is 71.6 Å². The number of aliphatic imine (C=N–C) groups is 1. The maximum atomic E-state index is 6.20. The first-order valence-corrected chi connectivity index (χ1v) is 11.3. The van der Waals surface area contributed by atoms with E-state index >= 15 is 0 Å². The highest BCUT2D eigenvalue weighted by Gasteiger charge is 2.46. The van der Waals surface area contributed by atoms with Crippen molar-refractivity contribution >= 4 is 17.8 Å². The summed E-state index contributed by atoms with van der Waals surface area (Å²) in [7, 11) is 0. The molecule has 3 heteroatoms. The number of halogens is 1. The van der Waals surface area contributed by atoms with Crippen molar-refractivity contribution in [2.75, 3.05) is 13.1 Å². The highest BCUT2D eigenvalue weighted by molar-refractivity contribution is 6.30. The Morgan fingerprint density at radius 2 is 1.47 bits per heavy atom. The van der Waals surface area contributed by atoms with Crippen molar-refractivity contribution in [2.24, 2.45) is 10.9 Å². The molecule has 2 nitrogen and oxygen atoms in total. The molecule has 30 heavy (non-hydrogen) atoms. The molecular weight excluding hydrogens is 388 g/mol. The number of benzene rings is 3. The molecule has 3 aliphatic rings. The van der Waals surface area contributed by atoms with Crippen LogP contribution >= 0.6 is 11.6 Å². The Labute approximate surface area is 184 Å². The van der Waals surface area contributed by atoms with Crippen molar-refractivity contribution in [2.45, 2.75) is 30.8 Å². The number of fused-ring (bicyclic) bond motifs is 3. The fourth-order valence-corrected chi connectivity index (χ4v) is 5.54. The Morgan fingerprint density at radius 1 is 0.833 bits per heavy atom. The first kappa shape index (κ1) is 19.5. The first-order valence-electron chi connectivity index (χ1n) is 10.9. The smallest absolute Gasteiger partial charge is 0.0693 e. The molecule has 3 aliphatic heterocycles. The monoisotopic (exact) mass is 414 g/mol. The molecule has 2 bridgehead atoms. The fraction of sp³-hybridized carbons (Fsp3) is 0.296. The molecule has 3 fully saturated rings. The van der Waals surface area contributed by atoms with Crippen LogP contribution in [0.25, 0.3) is 0 Å². The van der Waals surface area contributed by atoms with E-state index < -0.39 is 0 Å². The summed E-state index contributed by atoms with van der Waals surface area (Å²) in [6.45, 7) is 2.35. The molecule has 3 aromatic carbocycles. The van der Waals surface area contributed by atoms with Crippen molar-refractivity contribution in [1.29, 1.82) is 0 Å². The number of hydrogen-bond donors (Lipinski definition) is 0. The van der Waals surface area contributed by atoms with Crippen LogP contribution in [-0.2, 0) is 0 Å². The third-order valence-electron chi connectivity index (χ3n) is 6.73. The SMILES string of the molecule is Clc1cccc(/C=N/[C@@H]2C3CCN(CC3)[C@H]2C(c2ccccc2)c2ccccc2)c1. The number of rotatable bonds is 5. The zero-order chi connectivity index (χ0) is 20.3. The van der Waals surface area contributed by atoms with E-state index in [1.807, 2.05) is 24.4 Å². The summed E-state index contributed by atoms with van der Waals surface area (Å²) < 4.78 is 0. The lowest BCUT2D eigenvalue weighted by Gasteiger charge is -2.52. The molecule has 3 heterocycles. The van der Waals surface area contributed by atoms with Crippen LogP contribution < -0.4 is 0 Å². The van der Waals surface area contributed by atoms with Crippen LogP contribution in [-0.4, -0.2) is 36.3 Å². The van der Waals surface area contributed by atoms with Crippen LogP contribution in [0.1, 0.15) is 35.4 Å². The Morgan fingerprint density at radius 3 is 2.07 bits per heavy atom. The summed E-state index contributed by atoms with van der Waals surface area (Å²) in [5.41, 5.74) is 3.84. The van der Waals surface area contributed by atoms with E-state index in [9.17, 15) is 0 Å². The molecule has 0 unspecified atom stereocenters. The summed E-state index contributed by atoms with van der Waals surface area (Å²) in [6.07, 6.45) is 4.52. The van der Waals surface area contributed by atoms with Gasteiger partial charge in [-0.1, -0.05) is 84.4 Å². The lowest BCUT2D eigenvalue weighted by Crippen LogP contribution is -2.59. The largest absolute Gasteiger partial charge is 0.297 e. The minimum Gasteiger partial charge on any atom is -0.297 e. The minimum absolute atomic E-state index is 0.289. The molecule has 0 aromatic heterocycles. The molecule has 0 saturated carbocycles. The molecule has 3 aromatic rings. The summed E-state index contributed by atoms with van der Waals surface area (Å²) in [6, 6.07) is 30.6. The second-order valence-corrected chi connectivity index (χ2v) is 8.92. The van der Waals surface area contributed by atoms with Crippen molar-refractivity contribution in [3.63, 3.8) is 0 Å². The number of nitrogens with zero attached hydrogens (tertiary/aromatic N) is 2. The van der Waals surface area contributed by atoms with Crippen molar-refractivity contribution in [3.05, 3.63) is 107 Å². The Hall–Kier alpha value is -2.42. The maximum absolute atomic E-state index is 6.20. The average molecular weight is 415 g/mol. The van der Waals surface area contributed by atoms with E-state index in [0.717, 1.165) is 10.6 Å². The second-order valence-electron chi connectivity index (χ2n) is 8.49. The molecule has 0 aliphatic carbocycles. The van der Waals surface area contributed by atoms with Gasteiger partial charge in [-0.25, -0.2) is 0 Å². The molecule has 6 rings (SSSR count). The highest BCUT2D eigenvalue weighted by atomic mass is 35.5. The van der Waals surface area contributed by atoms with Gasteiger partial charge in [-0.2, -0.15) is 0 Å². The van der Waals surface area contributed by atoms with E-state index in [0.29, 0.717) is 17.9 Å². The van der Waals surface area contributed by atoms with Gasteiger partial charge in [-0.15, -0.1) is 0 Å². The molecule has 0 radical (unpaired) electrons. The van der Waals surface area contributed by atoms with E-state index in [-0.39, 0.29) is 6.04 Å². The predicted molar refractivity (Wildman–Crippen MR) is 126 cm³/mol. The van der Waals surface area contributed by atoms with Crippen LogP contribution in [0.15, 0.2) is 89.9 Å². The van der Waals surface area contributed by atoms with Gasteiger partial charge >= 0.3 is 0 Å². The zero-order valence-corrected chi connectivity index (χ0v) is 17.8. The van der Waals surface area contributed by atoms with Gasteiger partial charge in [0.15, 0.2) is 0 Å². The highest BCUT2D eigenvalue weighted by Crippen LogP contribution is 2.43. The third kappa shape index (κ3) is 3.95. The first-order chi connectivity index (χ1) is 14.8. The van der Waals surface area contributed by atoms with Gasteiger partial charge in [0.05, 0.1) is 6.04 Å². The van der Waals surface area contributed by atoms with Crippen LogP contribution in [0.4, 0.5) is 0 Å². The van der Waals surface area contributed by atoms with Crippen molar-refractivity contribution < 1.29 is 0 Å². The lowest BCUT2D eigenvalue weighted by atomic mass is 9.71. The van der Waals surface area contributed by atoms with Crippen LogP contribution in [0.2, 0.25) is 5.02 Å². The van der Waals surface area contributed by atoms with Gasteiger partial charge in [0.2, 0.25) is 0 Å². The van der Waals surface area contributed by atoms with Crippen molar-refractivity contribution in [1.82, 2.24) is 4.90 Å². The molecule has 152 valence electrons. The quantitative estimate of drug-likeness (QED) is 0.464. The van der Waals surface area contributed by atoms with Gasteiger partial charge in [-0.05, 0) is 60.7 Å². The van der Waals surface area contributed by atoms with Gasteiger partial charge in [0.25, 0.3) is 0 Å². The molecular formula is C27H27ClN2. The topological polar surface area (TPSA) is 15.6 Å². The summed E-state index contributed by atoms with van der Waals surface area (Å²) in [5.74, 6) is 0.961. The second kappa shape index (κ2) is 8.75. The van der Waals surface area contributed by atoms with Crippen LogP contribution in [0.3, 0.4) is 0 Å². The van der Waals surface area contributed by atoms with E-state index in [4.69, 9.17) is 16.6 Å². The maximum Gasteiger partial charge on any atom is 0.0693 e. The summed E-state index contributed by atoms with van der Waals surface area (Å²) in [5, 5.41) is 0.760. The number of hydrogen-bond acceptors (Lipinski definition) is 2. The molecule has 0 amide bonds. The standard InChI is InChI=1S/C27H27ClN2/c28-24-13-7-8-20(18-24)19-29-26-23-14-16-30(17-15-23)27(26)25(21-9-3-1-4-10-21)22-11-5-2-6-12-22/h1-13,18-19,23,25-27H,14-17H2/b29-19+/t26-,27+/m1/s1. The summed E-state index contributed by atoms with van der Waals surface area (Å²) >= 11 is 6.20. The number of piperidine rings is 3. The molecule has 3 saturated heterocycles. The normalized spacial score (nSPS) is 25.8. The molecule has 0 spiro atoms. The van der Waals surface area contributed by atoms with E-state index in [1.54, 1.807) is 0 Å². The fourth-order valence-electron chi connectivity index (χ4n) is 5.34. The third-order valence-corrected chi connectivity index (χ3v) is 6.97. The van der Waals surface area contributed by atoms with Crippen LogP contribution in [0.5, 0.6) is 0 Å². The Bertz CT molecular complexity index is 954. The van der Waals surface area contributed by atoms with E-state index in [1.165, 1.54) is 37.1 Å². The lowest BCUT2D eigenvalue weighted by molar-refractivity contribution is 0.0215.